The number of carbonyl (C=O) groups is 1. The van der Waals surface area contributed by atoms with Crippen molar-refractivity contribution in [3.63, 3.8) is 0 Å². The van der Waals surface area contributed by atoms with Crippen LogP contribution in [0.4, 0.5) is 0 Å². The second-order valence-electron chi connectivity index (χ2n) is 7.47. The molecule has 2 fully saturated rings. The summed E-state index contributed by atoms with van der Waals surface area (Å²) >= 11 is 0. The summed E-state index contributed by atoms with van der Waals surface area (Å²) in [6.07, 6.45) is 4.36. The molecule has 2 aliphatic rings. The highest BCUT2D eigenvalue weighted by molar-refractivity contribution is 5.91. The van der Waals surface area contributed by atoms with Crippen LogP contribution in [0.2, 0.25) is 0 Å². The summed E-state index contributed by atoms with van der Waals surface area (Å²) in [5.41, 5.74) is -0.318. The largest absolute Gasteiger partial charge is 0.435 e. The van der Waals surface area contributed by atoms with Crippen molar-refractivity contribution in [2.45, 2.75) is 57.6 Å². The lowest BCUT2D eigenvalue weighted by Gasteiger charge is -2.59. The first-order chi connectivity index (χ1) is 10.9. The minimum atomic E-state index is -0.202. The summed E-state index contributed by atoms with van der Waals surface area (Å²) < 4.78 is 11.3. The molecule has 0 aromatic carbocycles. The van der Waals surface area contributed by atoms with Gasteiger partial charge in [-0.1, -0.05) is 13.8 Å². The van der Waals surface area contributed by atoms with E-state index in [1.807, 2.05) is 0 Å². The summed E-state index contributed by atoms with van der Waals surface area (Å²) in [5.74, 6) is 1.12. The average Bonchev–Trinajstić information content (AvgIpc) is 3.05. The van der Waals surface area contributed by atoms with Crippen LogP contribution in [0.5, 0.6) is 0 Å². The molecule has 0 bridgehead atoms. The van der Waals surface area contributed by atoms with Gasteiger partial charge in [0.25, 0.3) is 5.91 Å². The van der Waals surface area contributed by atoms with Gasteiger partial charge in [0, 0.05) is 24.5 Å². The molecule has 2 unspecified atom stereocenters. The van der Waals surface area contributed by atoms with Gasteiger partial charge in [-0.25, -0.2) is 4.98 Å². The van der Waals surface area contributed by atoms with Crippen molar-refractivity contribution in [3.8, 4) is 0 Å². The van der Waals surface area contributed by atoms with Crippen LogP contribution in [0.3, 0.4) is 0 Å². The van der Waals surface area contributed by atoms with Gasteiger partial charge in [0.15, 0.2) is 5.89 Å². The number of carbonyl (C=O) groups excluding carboxylic acids is 1. The number of rotatable bonds is 4. The van der Waals surface area contributed by atoms with E-state index in [1.165, 1.54) is 0 Å². The number of nitrogens with zero attached hydrogens (tertiary/aromatic N) is 1. The molecule has 6 nitrogen and oxygen atoms in total. The Morgan fingerprint density at radius 2 is 2.09 bits per heavy atom. The first kappa shape index (κ1) is 16.5. The Balaban J connectivity index is 1.62. The van der Waals surface area contributed by atoms with Crippen molar-refractivity contribution in [1.29, 1.82) is 0 Å². The Hall–Kier alpha value is -1.40. The van der Waals surface area contributed by atoms with Gasteiger partial charge >= 0.3 is 0 Å². The molecule has 6 heteroatoms. The van der Waals surface area contributed by atoms with Crippen LogP contribution in [0.25, 0.3) is 0 Å². The fraction of sp³-hybridized carbons (Fsp3) is 0.765. The number of hydrogen-bond donors (Lipinski definition) is 2. The van der Waals surface area contributed by atoms with E-state index in [0.717, 1.165) is 32.4 Å². The van der Waals surface area contributed by atoms with Crippen molar-refractivity contribution in [2.75, 3.05) is 20.2 Å². The van der Waals surface area contributed by atoms with Crippen molar-refractivity contribution >= 4 is 5.91 Å². The molecule has 1 aliphatic carbocycles. The van der Waals surface area contributed by atoms with Gasteiger partial charge in [-0.3, -0.25) is 4.79 Å². The first-order valence-corrected chi connectivity index (χ1v) is 8.40. The molecular formula is C17H27N3O3. The third kappa shape index (κ3) is 2.78. The number of hydrogen-bond acceptors (Lipinski definition) is 5. The molecule has 2 heterocycles. The Morgan fingerprint density at radius 1 is 1.39 bits per heavy atom. The Morgan fingerprint density at radius 3 is 2.70 bits per heavy atom. The summed E-state index contributed by atoms with van der Waals surface area (Å²) in [7, 11) is 1.72. The Kier molecular flexibility index (Phi) is 4.23. The van der Waals surface area contributed by atoms with E-state index in [4.69, 9.17) is 9.15 Å². The van der Waals surface area contributed by atoms with Crippen LogP contribution in [0, 0.1) is 5.41 Å². The number of methoxy groups -OCH3 is 1. The summed E-state index contributed by atoms with van der Waals surface area (Å²) in [5, 5.41) is 6.38. The molecule has 128 valence electrons. The molecular weight excluding hydrogens is 294 g/mol. The van der Waals surface area contributed by atoms with Gasteiger partial charge in [0.05, 0.1) is 11.8 Å². The monoisotopic (exact) mass is 321 g/mol. The maximum Gasteiger partial charge on any atom is 0.288 e. The van der Waals surface area contributed by atoms with Gasteiger partial charge in [-0.05, 0) is 39.3 Å². The minimum absolute atomic E-state index is 0.0763. The summed E-state index contributed by atoms with van der Waals surface area (Å²) in [6.45, 7) is 8.26. The lowest BCUT2D eigenvalue weighted by Crippen LogP contribution is -2.68. The third-order valence-electron chi connectivity index (χ3n) is 6.02. The number of nitrogens with one attached hydrogen (secondary N) is 2. The Bertz CT molecular complexity index is 577. The highest BCUT2D eigenvalue weighted by atomic mass is 16.5. The lowest BCUT2D eigenvalue weighted by molar-refractivity contribution is -0.177. The van der Waals surface area contributed by atoms with Crippen LogP contribution in [0.15, 0.2) is 10.6 Å². The third-order valence-corrected chi connectivity index (χ3v) is 6.02. The van der Waals surface area contributed by atoms with Gasteiger partial charge in [0.1, 0.15) is 0 Å². The second kappa shape index (κ2) is 5.91. The quantitative estimate of drug-likeness (QED) is 0.888. The number of oxazole rings is 1. The van der Waals surface area contributed by atoms with E-state index >= 15 is 0 Å². The maximum absolute atomic E-state index is 12.4. The lowest BCUT2D eigenvalue weighted by atomic mass is 9.56. The molecule has 1 saturated carbocycles. The van der Waals surface area contributed by atoms with E-state index in [-0.39, 0.29) is 23.0 Å². The van der Waals surface area contributed by atoms with Gasteiger partial charge in [-0.2, -0.15) is 0 Å². The van der Waals surface area contributed by atoms with Crippen molar-refractivity contribution in [2.24, 2.45) is 5.41 Å². The Labute approximate surface area is 137 Å². The van der Waals surface area contributed by atoms with Crippen molar-refractivity contribution in [1.82, 2.24) is 15.6 Å². The minimum Gasteiger partial charge on any atom is -0.435 e. The maximum atomic E-state index is 12.4. The predicted molar refractivity (Wildman–Crippen MR) is 86.4 cm³/mol. The average molecular weight is 321 g/mol. The standard InChI is InChI=1S/C17H27N3O3/c1-16(2)13(9-17(16,3)22-4)20-14(21)12-10-19-15(23-12)11-5-7-18-8-6-11/h10-11,13,18H,5-9H2,1-4H3,(H,20,21). The van der Waals surface area contributed by atoms with E-state index in [9.17, 15) is 4.79 Å². The van der Waals surface area contributed by atoms with E-state index in [2.05, 4.69) is 36.4 Å². The molecule has 2 N–H and O–H groups in total. The fourth-order valence-corrected chi connectivity index (χ4v) is 3.60. The molecule has 0 spiro atoms. The zero-order chi connectivity index (χ0) is 16.7. The highest BCUT2D eigenvalue weighted by Crippen LogP contribution is 2.51. The molecule has 1 saturated heterocycles. The molecule has 0 radical (unpaired) electrons. The zero-order valence-electron chi connectivity index (χ0n) is 14.4. The van der Waals surface area contributed by atoms with Crippen molar-refractivity contribution < 1.29 is 13.9 Å². The van der Waals surface area contributed by atoms with E-state index in [0.29, 0.717) is 17.6 Å². The number of piperidine rings is 1. The highest BCUT2D eigenvalue weighted by Gasteiger charge is 2.58. The number of amides is 1. The molecule has 3 rings (SSSR count). The smallest absolute Gasteiger partial charge is 0.288 e. The zero-order valence-corrected chi connectivity index (χ0v) is 14.4. The van der Waals surface area contributed by atoms with Crippen LogP contribution in [-0.2, 0) is 4.74 Å². The van der Waals surface area contributed by atoms with Gasteiger partial charge < -0.3 is 19.8 Å². The first-order valence-electron chi connectivity index (χ1n) is 8.40. The number of aromatic nitrogens is 1. The molecule has 1 amide bonds. The van der Waals surface area contributed by atoms with Crippen LogP contribution in [0.1, 0.15) is 62.4 Å². The summed E-state index contributed by atoms with van der Waals surface area (Å²) in [6, 6.07) is 0.0763. The topological polar surface area (TPSA) is 76.4 Å². The SMILES string of the molecule is COC1(C)CC(NC(=O)c2cnc(C3CCNCC3)o2)C1(C)C. The van der Waals surface area contributed by atoms with Gasteiger partial charge in [0.2, 0.25) is 5.76 Å². The van der Waals surface area contributed by atoms with E-state index < -0.39 is 0 Å². The van der Waals surface area contributed by atoms with Crippen LogP contribution < -0.4 is 10.6 Å². The fourth-order valence-electron chi connectivity index (χ4n) is 3.60. The van der Waals surface area contributed by atoms with Crippen molar-refractivity contribution in [3.05, 3.63) is 17.8 Å². The molecule has 1 aromatic heterocycles. The van der Waals surface area contributed by atoms with Crippen LogP contribution in [-0.4, -0.2) is 42.7 Å². The normalized spacial score (nSPS) is 30.7. The van der Waals surface area contributed by atoms with Gasteiger partial charge in [-0.15, -0.1) is 0 Å². The molecule has 2 atom stereocenters. The molecule has 1 aromatic rings. The number of ether oxygens (including phenoxy) is 1. The van der Waals surface area contributed by atoms with E-state index in [1.54, 1.807) is 13.3 Å². The van der Waals surface area contributed by atoms with Crippen LogP contribution >= 0.6 is 0 Å². The summed E-state index contributed by atoms with van der Waals surface area (Å²) in [4.78, 5) is 16.7. The molecule has 1 aliphatic heterocycles. The molecule has 23 heavy (non-hydrogen) atoms. The second-order valence-corrected chi connectivity index (χ2v) is 7.47. The predicted octanol–water partition coefficient (Wildman–Crippen LogP) is 2.08.